The number of aromatic amines is 1. The Labute approximate surface area is 149 Å². The van der Waals surface area contributed by atoms with E-state index < -0.39 is 0 Å². The van der Waals surface area contributed by atoms with E-state index in [-0.39, 0.29) is 17.5 Å². The van der Waals surface area contributed by atoms with Crippen LogP contribution in [-0.2, 0) is 6.42 Å². The molecule has 1 N–H and O–H groups in total. The fraction of sp³-hybridized carbons (Fsp3) is 0.444. The van der Waals surface area contributed by atoms with Gasteiger partial charge in [-0.1, -0.05) is 12.1 Å². The lowest BCUT2D eigenvalue weighted by molar-refractivity contribution is 0.0603. The van der Waals surface area contributed by atoms with E-state index in [1.54, 1.807) is 25.4 Å². The normalized spacial score (nSPS) is 17.8. The molecule has 8 nitrogen and oxygen atoms in total. The zero-order valence-electron chi connectivity index (χ0n) is 14.9. The van der Waals surface area contributed by atoms with Crippen molar-refractivity contribution in [2.24, 2.45) is 0 Å². The Hall–Kier alpha value is -2.90. The van der Waals surface area contributed by atoms with Crippen LogP contribution in [0.25, 0.3) is 5.78 Å². The highest BCUT2D eigenvalue weighted by Gasteiger charge is 2.33. The molecule has 0 unspecified atom stereocenters. The van der Waals surface area contributed by atoms with Crippen LogP contribution in [0.15, 0.2) is 27.8 Å². The van der Waals surface area contributed by atoms with Gasteiger partial charge in [0.25, 0.3) is 11.5 Å². The molecule has 0 bridgehead atoms. The summed E-state index contributed by atoms with van der Waals surface area (Å²) in [6.07, 6.45) is 6.56. The van der Waals surface area contributed by atoms with Crippen molar-refractivity contribution in [2.75, 3.05) is 6.54 Å². The summed E-state index contributed by atoms with van der Waals surface area (Å²) in [5.74, 6) is 0.934. The molecule has 1 aliphatic heterocycles. The molecule has 0 spiro atoms. The number of rotatable bonds is 3. The molecule has 3 aromatic heterocycles. The van der Waals surface area contributed by atoms with Crippen molar-refractivity contribution in [1.82, 2.24) is 24.4 Å². The number of hydrogen-bond acceptors (Lipinski definition) is 5. The van der Waals surface area contributed by atoms with Crippen molar-refractivity contribution in [3.8, 4) is 0 Å². The first-order valence-corrected chi connectivity index (χ1v) is 8.92. The Morgan fingerprint density at radius 3 is 3.08 bits per heavy atom. The van der Waals surface area contributed by atoms with Gasteiger partial charge in [0.15, 0.2) is 0 Å². The lowest BCUT2D eigenvalue weighted by Crippen LogP contribution is -2.40. The number of carbonyl (C=O) groups excluding carboxylic acids is 1. The van der Waals surface area contributed by atoms with Gasteiger partial charge in [-0.05, 0) is 32.6 Å². The van der Waals surface area contributed by atoms with Crippen LogP contribution in [0.3, 0.4) is 0 Å². The van der Waals surface area contributed by atoms with E-state index in [0.29, 0.717) is 41.5 Å². The molecule has 0 aromatic carbocycles. The van der Waals surface area contributed by atoms with E-state index in [4.69, 9.17) is 4.52 Å². The van der Waals surface area contributed by atoms with E-state index in [9.17, 15) is 9.59 Å². The number of piperidine rings is 1. The maximum absolute atomic E-state index is 13.3. The first kappa shape index (κ1) is 16.6. The second-order valence-electron chi connectivity index (χ2n) is 6.61. The van der Waals surface area contributed by atoms with Crippen LogP contribution < -0.4 is 5.56 Å². The summed E-state index contributed by atoms with van der Waals surface area (Å²) in [5.41, 5.74) is 1.78. The lowest BCUT2D eigenvalue weighted by atomic mass is 9.97. The molecule has 4 heterocycles. The van der Waals surface area contributed by atoms with Gasteiger partial charge in [0.2, 0.25) is 5.78 Å². The standard InChI is InChI=1S/C18H21N5O3/c1-3-12-16(11(2)26-21-12)17(25)22-8-5-4-6-14(22)13-10-15(24)23-9-7-19-18(23)20-13/h7,9-10,14H,3-6,8H2,1-2H3,(H,19,20)/t14-/m0/s1. The molecule has 1 amide bonds. The van der Waals surface area contributed by atoms with Crippen LogP contribution in [0, 0.1) is 6.92 Å². The second-order valence-corrected chi connectivity index (χ2v) is 6.61. The van der Waals surface area contributed by atoms with Crippen LogP contribution in [0.5, 0.6) is 0 Å². The molecule has 0 aliphatic carbocycles. The number of hydrogen-bond donors (Lipinski definition) is 1. The average Bonchev–Trinajstić information content (AvgIpc) is 3.27. The van der Waals surface area contributed by atoms with Gasteiger partial charge in [-0.3, -0.25) is 14.0 Å². The highest BCUT2D eigenvalue weighted by atomic mass is 16.5. The molecule has 8 heteroatoms. The van der Waals surface area contributed by atoms with Gasteiger partial charge >= 0.3 is 0 Å². The van der Waals surface area contributed by atoms with E-state index in [2.05, 4.69) is 15.1 Å². The van der Waals surface area contributed by atoms with Crippen molar-refractivity contribution in [1.29, 1.82) is 0 Å². The van der Waals surface area contributed by atoms with E-state index in [1.807, 2.05) is 11.8 Å². The fourth-order valence-corrected chi connectivity index (χ4v) is 3.70. The lowest BCUT2D eigenvalue weighted by Gasteiger charge is -2.35. The van der Waals surface area contributed by atoms with Gasteiger partial charge in [0.05, 0.1) is 11.7 Å². The number of aryl methyl sites for hydroxylation is 2. The summed E-state index contributed by atoms with van der Waals surface area (Å²) in [5, 5.41) is 4.00. The van der Waals surface area contributed by atoms with Gasteiger partial charge in [-0.25, -0.2) is 4.98 Å². The number of carbonyl (C=O) groups is 1. The molecular formula is C18H21N5O3. The number of H-pyrrole nitrogens is 1. The molecule has 1 atom stereocenters. The highest BCUT2D eigenvalue weighted by molar-refractivity contribution is 5.96. The highest BCUT2D eigenvalue weighted by Crippen LogP contribution is 2.32. The topological polar surface area (TPSA) is 96.5 Å². The Morgan fingerprint density at radius 1 is 1.42 bits per heavy atom. The van der Waals surface area contributed by atoms with Crippen LogP contribution >= 0.6 is 0 Å². The molecule has 26 heavy (non-hydrogen) atoms. The van der Waals surface area contributed by atoms with Gasteiger partial charge in [0.1, 0.15) is 11.3 Å². The average molecular weight is 355 g/mol. The van der Waals surface area contributed by atoms with Gasteiger partial charge in [-0.15, -0.1) is 0 Å². The Bertz CT molecular complexity index is 1020. The zero-order valence-corrected chi connectivity index (χ0v) is 14.9. The van der Waals surface area contributed by atoms with Crippen molar-refractivity contribution in [3.63, 3.8) is 0 Å². The third kappa shape index (κ3) is 2.61. The van der Waals surface area contributed by atoms with Crippen molar-refractivity contribution >= 4 is 11.7 Å². The molecule has 1 fully saturated rings. The third-order valence-corrected chi connectivity index (χ3v) is 5.02. The number of imidazole rings is 1. The summed E-state index contributed by atoms with van der Waals surface area (Å²) < 4.78 is 6.69. The molecule has 3 aromatic rings. The molecule has 1 saturated heterocycles. The first-order chi connectivity index (χ1) is 12.6. The van der Waals surface area contributed by atoms with Crippen LogP contribution in [0.1, 0.15) is 59.7 Å². The second kappa shape index (κ2) is 6.44. The molecule has 136 valence electrons. The number of nitrogens with zero attached hydrogens (tertiary/aromatic N) is 4. The largest absolute Gasteiger partial charge is 0.361 e. The number of amides is 1. The molecule has 0 radical (unpaired) electrons. The first-order valence-electron chi connectivity index (χ1n) is 8.92. The maximum Gasteiger partial charge on any atom is 0.259 e. The van der Waals surface area contributed by atoms with Crippen molar-refractivity contribution in [3.05, 3.63) is 51.5 Å². The Kier molecular flexibility index (Phi) is 4.10. The molecule has 4 rings (SSSR count). The van der Waals surface area contributed by atoms with Crippen molar-refractivity contribution < 1.29 is 9.32 Å². The van der Waals surface area contributed by atoms with Crippen molar-refractivity contribution in [2.45, 2.75) is 45.6 Å². The predicted octanol–water partition coefficient (Wildman–Crippen LogP) is 2.25. The van der Waals surface area contributed by atoms with Gasteiger partial charge in [0, 0.05) is 30.7 Å². The predicted molar refractivity (Wildman–Crippen MR) is 94.1 cm³/mol. The number of nitrogens with one attached hydrogen (secondary N) is 1. The van der Waals surface area contributed by atoms with Gasteiger partial charge < -0.3 is 14.4 Å². The summed E-state index contributed by atoms with van der Waals surface area (Å²) in [4.78, 5) is 34.8. The van der Waals surface area contributed by atoms with E-state index in [0.717, 1.165) is 19.3 Å². The van der Waals surface area contributed by atoms with Crippen LogP contribution in [0.2, 0.25) is 0 Å². The quantitative estimate of drug-likeness (QED) is 0.777. The molecule has 1 aliphatic rings. The number of aromatic nitrogens is 4. The molecule has 0 saturated carbocycles. The summed E-state index contributed by atoms with van der Waals surface area (Å²) >= 11 is 0. The summed E-state index contributed by atoms with van der Waals surface area (Å²) in [6, 6.07) is 1.37. The fourth-order valence-electron chi connectivity index (χ4n) is 3.70. The SMILES string of the molecule is CCc1noc(C)c1C(=O)N1CCCC[C@H]1c1cc(=O)n2ccnc2[nH]1. The summed E-state index contributed by atoms with van der Waals surface area (Å²) in [6.45, 7) is 4.35. The van der Waals surface area contributed by atoms with Gasteiger partial charge in [-0.2, -0.15) is 0 Å². The maximum atomic E-state index is 13.3. The number of likely N-dealkylation sites (tertiary alicyclic amines) is 1. The zero-order chi connectivity index (χ0) is 18.3. The van der Waals surface area contributed by atoms with Crippen LogP contribution in [0.4, 0.5) is 0 Å². The molecular weight excluding hydrogens is 334 g/mol. The minimum Gasteiger partial charge on any atom is -0.361 e. The Balaban J connectivity index is 1.75. The minimum absolute atomic E-state index is 0.0886. The van der Waals surface area contributed by atoms with E-state index >= 15 is 0 Å². The third-order valence-electron chi connectivity index (χ3n) is 5.02. The minimum atomic E-state index is -0.190. The van der Waals surface area contributed by atoms with Crippen LogP contribution in [-0.4, -0.2) is 36.9 Å². The number of fused-ring (bicyclic) bond motifs is 1. The summed E-state index contributed by atoms with van der Waals surface area (Å²) in [7, 11) is 0. The Morgan fingerprint density at radius 2 is 2.27 bits per heavy atom. The monoisotopic (exact) mass is 355 g/mol. The van der Waals surface area contributed by atoms with E-state index in [1.165, 1.54) is 4.40 Å². The smallest absolute Gasteiger partial charge is 0.259 e.